The summed E-state index contributed by atoms with van der Waals surface area (Å²) in [5, 5.41) is 11.6. The third kappa shape index (κ3) is 4.75. The second-order valence-electron chi connectivity index (χ2n) is 8.45. The number of hydrogen-bond acceptors (Lipinski definition) is 6. The molecule has 1 N–H and O–H groups in total. The van der Waals surface area contributed by atoms with Gasteiger partial charge in [0.05, 0.1) is 37.0 Å². The van der Waals surface area contributed by atoms with Crippen LogP contribution in [0.2, 0.25) is 5.02 Å². The lowest BCUT2D eigenvalue weighted by Crippen LogP contribution is -2.29. The van der Waals surface area contributed by atoms with Crippen LogP contribution in [0.4, 0.5) is 5.69 Å². The second kappa shape index (κ2) is 10.3. The predicted octanol–water partition coefficient (Wildman–Crippen LogP) is 5.77. The van der Waals surface area contributed by atoms with Gasteiger partial charge in [0.2, 0.25) is 0 Å². The molecule has 1 aliphatic rings. The Kier molecular flexibility index (Phi) is 7.22. The lowest BCUT2D eigenvalue weighted by Gasteiger charge is -2.26. The zero-order valence-corrected chi connectivity index (χ0v) is 21.1. The number of ketones is 1. The second-order valence-corrected chi connectivity index (χ2v) is 8.86. The fourth-order valence-corrected chi connectivity index (χ4v) is 4.32. The lowest BCUT2D eigenvalue weighted by atomic mass is 9.95. The number of methoxy groups -OCH3 is 2. The molecule has 0 saturated carbocycles. The summed E-state index contributed by atoms with van der Waals surface area (Å²) in [6, 6.07) is 17.7. The Balaban J connectivity index is 1.91. The molecule has 1 saturated heterocycles. The van der Waals surface area contributed by atoms with Crippen molar-refractivity contribution in [1.82, 2.24) is 0 Å². The van der Waals surface area contributed by atoms with Crippen molar-refractivity contribution in [2.24, 2.45) is 0 Å². The maximum Gasteiger partial charge on any atom is 0.300 e. The summed E-state index contributed by atoms with van der Waals surface area (Å²) in [5.41, 5.74) is 1.19. The molecule has 1 heterocycles. The molecular formula is C28H26ClNO6. The Morgan fingerprint density at radius 2 is 1.47 bits per heavy atom. The van der Waals surface area contributed by atoms with E-state index in [1.54, 1.807) is 67.8 Å². The van der Waals surface area contributed by atoms with E-state index in [0.717, 1.165) is 0 Å². The molecule has 3 aromatic carbocycles. The molecule has 3 aromatic rings. The van der Waals surface area contributed by atoms with Gasteiger partial charge in [0, 0.05) is 11.3 Å². The first-order valence-corrected chi connectivity index (χ1v) is 11.7. The smallest absolute Gasteiger partial charge is 0.300 e. The van der Waals surface area contributed by atoms with Crippen LogP contribution in [0.15, 0.2) is 72.3 Å². The average Bonchev–Trinajstić information content (AvgIpc) is 3.14. The van der Waals surface area contributed by atoms with Gasteiger partial charge < -0.3 is 19.3 Å². The topological polar surface area (TPSA) is 85.3 Å². The molecule has 0 aromatic heterocycles. The minimum absolute atomic E-state index is 0.0176. The number of nitrogens with zero attached hydrogens (tertiary/aromatic N) is 1. The fraction of sp³-hybridized carbons (Fsp3) is 0.214. The van der Waals surface area contributed by atoms with Crippen molar-refractivity contribution in [1.29, 1.82) is 0 Å². The molecule has 1 aliphatic heterocycles. The van der Waals surface area contributed by atoms with E-state index in [4.69, 9.17) is 25.8 Å². The number of halogens is 1. The number of ether oxygens (including phenoxy) is 3. The largest absolute Gasteiger partial charge is 0.507 e. The van der Waals surface area contributed by atoms with Crippen LogP contribution in [-0.2, 0) is 9.59 Å². The summed E-state index contributed by atoms with van der Waals surface area (Å²) in [5.74, 6) is -0.294. The van der Waals surface area contributed by atoms with Crippen molar-refractivity contribution in [3.63, 3.8) is 0 Å². The molecule has 0 aliphatic carbocycles. The molecule has 4 rings (SSSR count). The van der Waals surface area contributed by atoms with Crippen molar-refractivity contribution in [3.8, 4) is 17.2 Å². The third-order valence-corrected chi connectivity index (χ3v) is 6.12. The highest BCUT2D eigenvalue weighted by Gasteiger charge is 2.47. The normalized spacial score (nSPS) is 16.9. The van der Waals surface area contributed by atoms with E-state index < -0.39 is 17.7 Å². The predicted molar refractivity (Wildman–Crippen MR) is 138 cm³/mol. The average molecular weight is 508 g/mol. The number of rotatable bonds is 7. The number of hydrogen-bond donors (Lipinski definition) is 1. The first-order valence-electron chi connectivity index (χ1n) is 11.3. The fourth-order valence-electron chi connectivity index (χ4n) is 4.12. The van der Waals surface area contributed by atoms with E-state index in [0.29, 0.717) is 28.5 Å². The number of benzene rings is 3. The van der Waals surface area contributed by atoms with Crippen LogP contribution < -0.4 is 19.1 Å². The molecule has 1 amide bonds. The molecule has 8 heteroatoms. The summed E-state index contributed by atoms with van der Waals surface area (Å²) in [4.78, 5) is 28.0. The molecule has 7 nitrogen and oxygen atoms in total. The maximum absolute atomic E-state index is 13.4. The number of anilines is 1. The quantitative estimate of drug-likeness (QED) is 0.248. The summed E-state index contributed by atoms with van der Waals surface area (Å²) in [6.07, 6.45) is -0.0176. The SMILES string of the molecule is COc1ccc(N2C(=O)C(=O)/C(=C(/O)c3cc(OC)ccc3Cl)C2c2ccc(OC(C)C)cc2)cc1. The van der Waals surface area contributed by atoms with Crippen molar-refractivity contribution < 1.29 is 28.9 Å². The van der Waals surface area contributed by atoms with E-state index in [9.17, 15) is 14.7 Å². The summed E-state index contributed by atoms with van der Waals surface area (Å²) < 4.78 is 16.2. The molecule has 0 bridgehead atoms. The van der Waals surface area contributed by atoms with Crippen LogP contribution in [-0.4, -0.2) is 37.1 Å². The Morgan fingerprint density at radius 3 is 2.06 bits per heavy atom. The molecule has 1 unspecified atom stereocenters. The van der Waals surface area contributed by atoms with Gasteiger partial charge in [0.15, 0.2) is 0 Å². The zero-order valence-electron chi connectivity index (χ0n) is 20.3. The van der Waals surface area contributed by atoms with Gasteiger partial charge in [-0.3, -0.25) is 14.5 Å². The number of aliphatic hydroxyl groups excluding tert-OH is 1. The third-order valence-electron chi connectivity index (χ3n) is 5.79. The van der Waals surface area contributed by atoms with Gasteiger partial charge in [-0.05, 0) is 74.0 Å². The molecule has 186 valence electrons. The molecular weight excluding hydrogens is 482 g/mol. The lowest BCUT2D eigenvalue weighted by molar-refractivity contribution is -0.132. The Bertz CT molecular complexity index is 1310. The highest BCUT2D eigenvalue weighted by Crippen LogP contribution is 2.44. The Labute approximate surface area is 214 Å². The molecule has 1 atom stereocenters. The van der Waals surface area contributed by atoms with Crippen LogP contribution >= 0.6 is 11.6 Å². The monoisotopic (exact) mass is 507 g/mol. The van der Waals surface area contributed by atoms with Crippen molar-refractivity contribution >= 4 is 34.7 Å². The molecule has 0 spiro atoms. The molecule has 0 radical (unpaired) electrons. The van der Waals surface area contributed by atoms with Crippen LogP contribution in [0.25, 0.3) is 5.76 Å². The van der Waals surface area contributed by atoms with Crippen LogP contribution in [0.5, 0.6) is 17.2 Å². The van der Waals surface area contributed by atoms with Crippen molar-refractivity contribution in [2.45, 2.75) is 26.0 Å². The number of carbonyl (C=O) groups excluding carboxylic acids is 2. The van der Waals surface area contributed by atoms with E-state index in [1.807, 2.05) is 13.8 Å². The first-order chi connectivity index (χ1) is 17.2. The zero-order chi connectivity index (χ0) is 26.0. The van der Waals surface area contributed by atoms with E-state index >= 15 is 0 Å². The maximum atomic E-state index is 13.4. The summed E-state index contributed by atoms with van der Waals surface area (Å²) in [7, 11) is 3.02. The number of aliphatic hydroxyl groups is 1. The summed E-state index contributed by atoms with van der Waals surface area (Å²) in [6.45, 7) is 3.84. The van der Waals surface area contributed by atoms with Gasteiger partial charge >= 0.3 is 0 Å². The van der Waals surface area contributed by atoms with Gasteiger partial charge in [0.1, 0.15) is 23.0 Å². The van der Waals surface area contributed by atoms with Crippen LogP contribution in [0.1, 0.15) is 31.0 Å². The van der Waals surface area contributed by atoms with Gasteiger partial charge in [-0.1, -0.05) is 23.7 Å². The van der Waals surface area contributed by atoms with Gasteiger partial charge in [0.25, 0.3) is 11.7 Å². The number of carbonyl (C=O) groups is 2. The van der Waals surface area contributed by atoms with Crippen molar-refractivity contribution in [2.75, 3.05) is 19.1 Å². The van der Waals surface area contributed by atoms with Gasteiger partial charge in [-0.25, -0.2) is 0 Å². The minimum Gasteiger partial charge on any atom is -0.507 e. The number of amides is 1. The number of Topliss-reactive ketones (excluding diaryl/α,β-unsaturated/α-hetero) is 1. The highest BCUT2D eigenvalue weighted by molar-refractivity contribution is 6.52. The van der Waals surface area contributed by atoms with Crippen molar-refractivity contribution in [3.05, 3.63) is 88.5 Å². The Hall–Kier alpha value is -3.97. The van der Waals surface area contributed by atoms with Gasteiger partial charge in [-0.2, -0.15) is 0 Å². The molecule has 1 fully saturated rings. The Morgan fingerprint density at radius 1 is 0.889 bits per heavy atom. The van der Waals surface area contributed by atoms with E-state index in [-0.39, 0.29) is 28.0 Å². The van der Waals surface area contributed by atoms with Crippen LogP contribution in [0.3, 0.4) is 0 Å². The standard InChI is InChI=1S/C28H26ClNO6/c1-16(2)36-20-9-5-17(6-10-20)25-24(26(31)22-15-21(35-4)13-14-23(22)29)27(32)28(33)30(25)18-7-11-19(34-3)12-8-18/h5-16,25,31H,1-4H3/b26-24+. The molecule has 36 heavy (non-hydrogen) atoms. The highest BCUT2D eigenvalue weighted by atomic mass is 35.5. The van der Waals surface area contributed by atoms with E-state index in [2.05, 4.69) is 0 Å². The summed E-state index contributed by atoms with van der Waals surface area (Å²) >= 11 is 6.37. The first kappa shape index (κ1) is 25.1. The van der Waals surface area contributed by atoms with E-state index in [1.165, 1.54) is 18.1 Å². The minimum atomic E-state index is -0.909. The van der Waals surface area contributed by atoms with Crippen LogP contribution in [0, 0.1) is 0 Å². The van der Waals surface area contributed by atoms with Gasteiger partial charge in [-0.15, -0.1) is 0 Å².